The summed E-state index contributed by atoms with van der Waals surface area (Å²) in [5.41, 5.74) is 0.529. The predicted octanol–water partition coefficient (Wildman–Crippen LogP) is 2.96. The number of ether oxygens (including phenoxy) is 1. The predicted molar refractivity (Wildman–Crippen MR) is 77.9 cm³/mol. The van der Waals surface area contributed by atoms with Crippen LogP contribution in [-0.4, -0.2) is 28.6 Å². The molecule has 0 spiro atoms. The van der Waals surface area contributed by atoms with Gasteiger partial charge in [-0.3, -0.25) is 0 Å². The Balaban J connectivity index is 2.27. The summed E-state index contributed by atoms with van der Waals surface area (Å²) in [4.78, 5) is 12.2. The average molecular weight is 342 g/mol. The molecule has 0 radical (unpaired) electrons. The van der Waals surface area contributed by atoms with Crippen LogP contribution in [0.1, 0.15) is 6.92 Å². The fourth-order valence-electron chi connectivity index (χ4n) is 1.44. The summed E-state index contributed by atoms with van der Waals surface area (Å²) in [6.45, 7) is 2.59. The molecule has 0 unspecified atom stereocenters. The molecular weight excluding hydrogens is 329 g/mol. The lowest BCUT2D eigenvalue weighted by Crippen LogP contribution is -2.07. The Bertz CT molecular complexity index is 610. The van der Waals surface area contributed by atoms with Crippen LogP contribution in [0.4, 0.5) is 22.0 Å². The topological polar surface area (TPSA) is 72.0 Å². The molecule has 0 saturated heterocycles. The van der Waals surface area contributed by atoms with E-state index in [1.807, 2.05) is 6.92 Å². The van der Waals surface area contributed by atoms with Crippen LogP contribution in [0.2, 0.25) is 0 Å². The number of hydrogen-bond donors (Lipinski definition) is 2. The lowest BCUT2D eigenvalue weighted by atomic mass is 10.3. The summed E-state index contributed by atoms with van der Waals surface area (Å²) < 4.78 is 18.8. The zero-order valence-corrected chi connectivity index (χ0v) is 12.5. The number of nitrogens with one attached hydrogen (secondary N) is 2. The Labute approximate surface area is 123 Å². The molecule has 106 valence electrons. The van der Waals surface area contributed by atoms with Crippen molar-refractivity contribution in [2.45, 2.75) is 6.92 Å². The Hall–Kier alpha value is -1.96. The van der Waals surface area contributed by atoms with Gasteiger partial charge in [0, 0.05) is 12.2 Å². The number of anilines is 3. The Morgan fingerprint density at radius 2 is 2.00 bits per heavy atom. The standard InChI is InChI=1S/C12H13BrFN5O/c1-3-15-10-17-11(19-12(18-10)20-2)16-7-4-5-8(13)9(14)6-7/h4-6H,3H2,1-2H3,(H2,15,16,17,18,19). The zero-order valence-electron chi connectivity index (χ0n) is 10.9. The van der Waals surface area contributed by atoms with Crippen LogP contribution in [0.3, 0.4) is 0 Å². The van der Waals surface area contributed by atoms with E-state index in [2.05, 4.69) is 41.5 Å². The summed E-state index contributed by atoms with van der Waals surface area (Å²) in [5, 5.41) is 5.87. The van der Waals surface area contributed by atoms with Crippen molar-refractivity contribution in [2.75, 3.05) is 24.3 Å². The molecule has 8 heteroatoms. The van der Waals surface area contributed by atoms with Crippen LogP contribution in [0.25, 0.3) is 0 Å². The van der Waals surface area contributed by atoms with E-state index >= 15 is 0 Å². The summed E-state index contributed by atoms with van der Waals surface area (Å²) in [6.07, 6.45) is 0. The highest BCUT2D eigenvalue weighted by molar-refractivity contribution is 9.10. The molecule has 1 aromatic heterocycles. The molecule has 2 rings (SSSR count). The molecule has 0 fully saturated rings. The van der Waals surface area contributed by atoms with Gasteiger partial charge in [-0.2, -0.15) is 15.0 Å². The number of halogens is 2. The lowest BCUT2D eigenvalue weighted by Gasteiger charge is -2.09. The number of nitrogens with zero attached hydrogens (tertiary/aromatic N) is 3. The summed E-state index contributed by atoms with van der Waals surface area (Å²) >= 11 is 3.10. The highest BCUT2D eigenvalue weighted by Gasteiger charge is 2.07. The first kappa shape index (κ1) is 14.4. The van der Waals surface area contributed by atoms with Crippen LogP contribution < -0.4 is 15.4 Å². The first-order valence-electron chi connectivity index (χ1n) is 5.88. The number of hydrogen-bond acceptors (Lipinski definition) is 6. The van der Waals surface area contributed by atoms with Crippen molar-refractivity contribution in [1.82, 2.24) is 15.0 Å². The molecule has 0 amide bonds. The first-order valence-corrected chi connectivity index (χ1v) is 6.67. The highest BCUT2D eigenvalue weighted by atomic mass is 79.9. The van der Waals surface area contributed by atoms with Crippen molar-refractivity contribution in [3.8, 4) is 6.01 Å². The molecule has 0 aliphatic heterocycles. The third-order valence-corrected chi connectivity index (χ3v) is 2.95. The van der Waals surface area contributed by atoms with Crippen molar-refractivity contribution in [1.29, 1.82) is 0 Å². The molecule has 2 N–H and O–H groups in total. The van der Waals surface area contributed by atoms with Crippen LogP contribution in [-0.2, 0) is 0 Å². The molecule has 0 aliphatic carbocycles. The average Bonchev–Trinajstić information content (AvgIpc) is 2.43. The smallest absolute Gasteiger partial charge is 0.322 e. The zero-order chi connectivity index (χ0) is 14.5. The van der Waals surface area contributed by atoms with Gasteiger partial charge in [-0.15, -0.1) is 0 Å². The van der Waals surface area contributed by atoms with Gasteiger partial charge in [-0.1, -0.05) is 0 Å². The van der Waals surface area contributed by atoms with Crippen molar-refractivity contribution < 1.29 is 9.13 Å². The van der Waals surface area contributed by atoms with Crippen LogP contribution in [0.15, 0.2) is 22.7 Å². The van der Waals surface area contributed by atoms with Crippen LogP contribution in [0.5, 0.6) is 6.01 Å². The van der Waals surface area contributed by atoms with E-state index in [9.17, 15) is 4.39 Å². The Morgan fingerprint density at radius 3 is 2.65 bits per heavy atom. The first-order chi connectivity index (χ1) is 9.62. The minimum atomic E-state index is -0.372. The van der Waals surface area contributed by atoms with Gasteiger partial charge >= 0.3 is 6.01 Å². The van der Waals surface area contributed by atoms with Crippen molar-refractivity contribution >= 4 is 33.5 Å². The molecular formula is C12H13BrFN5O. The highest BCUT2D eigenvalue weighted by Crippen LogP contribution is 2.22. The number of rotatable bonds is 5. The van der Waals surface area contributed by atoms with E-state index in [1.54, 1.807) is 12.1 Å². The van der Waals surface area contributed by atoms with E-state index < -0.39 is 0 Å². The normalized spacial score (nSPS) is 10.2. The third-order valence-electron chi connectivity index (χ3n) is 2.31. The van der Waals surface area contributed by atoms with Gasteiger partial charge in [0.05, 0.1) is 11.6 Å². The van der Waals surface area contributed by atoms with E-state index in [-0.39, 0.29) is 17.8 Å². The minimum absolute atomic E-state index is 0.177. The SMILES string of the molecule is CCNc1nc(Nc2ccc(Br)c(F)c2)nc(OC)n1. The second kappa shape index (κ2) is 6.47. The minimum Gasteiger partial charge on any atom is -0.467 e. The van der Waals surface area contributed by atoms with Crippen molar-refractivity contribution in [3.05, 3.63) is 28.5 Å². The molecule has 20 heavy (non-hydrogen) atoms. The lowest BCUT2D eigenvalue weighted by molar-refractivity contribution is 0.379. The summed E-state index contributed by atoms with van der Waals surface area (Å²) in [7, 11) is 1.47. The van der Waals surface area contributed by atoms with Gasteiger partial charge in [0.2, 0.25) is 11.9 Å². The molecule has 1 heterocycles. The monoisotopic (exact) mass is 341 g/mol. The Kier molecular flexibility index (Phi) is 4.67. The van der Waals surface area contributed by atoms with Gasteiger partial charge in [0.15, 0.2) is 0 Å². The molecule has 0 atom stereocenters. The second-order valence-electron chi connectivity index (χ2n) is 3.75. The van der Waals surface area contributed by atoms with Crippen molar-refractivity contribution in [2.24, 2.45) is 0 Å². The van der Waals surface area contributed by atoms with E-state index in [0.29, 0.717) is 22.7 Å². The van der Waals surface area contributed by atoms with Gasteiger partial charge in [0.25, 0.3) is 0 Å². The maximum absolute atomic E-state index is 13.5. The molecule has 1 aromatic carbocycles. The maximum atomic E-state index is 13.5. The number of methoxy groups -OCH3 is 1. The maximum Gasteiger partial charge on any atom is 0.322 e. The second-order valence-corrected chi connectivity index (χ2v) is 4.61. The third kappa shape index (κ3) is 3.53. The van der Waals surface area contributed by atoms with Gasteiger partial charge < -0.3 is 15.4 Å². The fraction of sp³-hybridized carbons (Fsp3) is 0.250. The molecule has 2 aromatic rings. The number of benzene rings is 1. The largest absolute Gasteiger partial charge is 0.467 e. The van der Waals surface area contributed by atoms with E-state index in [1.165, 1.54) is 13.2 Å². The van der Waals surface area contributed by atoms with E-state index in [4.69, 9.17) is 4.74 Å². The molecule has 0 saturated carbocycles. The van der Waals surface area contributed by atoms with Crippen LogP contribution in [0, 0.1) is 5.82 Å². The quantitative estimate of drug-likeness (QED) is 0.871. The summed E-state index contributed by atoms with van der Waals surface area (Å²) in [6, 6.07) is 4.82. The van der Waals surface area contributed by atoms with Gasteiger partial charge in [0.1, 0.15) is 5.82 Å². The van der Waals surface area contributed by atoms with Crippen molar-refractivity contribution in [3.63, 3.8) is 0 Å². The fourth-order valence-corrected chi connectivity index (χ4v) is 1.69. The molecule has 0 aliphatic rings. The van der Waals surface area contributed by atoms with Gasteiger partial charge in [-0.05, 0) is 41.1 Å². The van der Waals surface area contributed by atoms with Gasteiger partial charge in [-0.25, -0.2) is 4.39 Å². The molecule has 6 nitrogen and oxygen atoms in total. The Morgan fingerprint density at radius 1 is 1.25 bits per heavy atom. The van der Waals surface area contributed by atoms with Crippen LogP contribution >= 0.6 is 15.9 Å². The molecule has 0 bridgehead atoms. The summed E-state index contributed by atoms with van der Waals surface area (Å²) in [5.74, 6) is 0.289. The van der Waals surface area contributed by atoms with E-state index in [0.717, 1.165) is 0 Å². The number of aromatic nitrogens is 3.